The van der Waals surface area contributed by atoms with Crippen LogP contribution in [0.4, 0.5) is 0 Å². The maximum Gasteiger partial charge on any atom is 0.160 e. The molecule has 1 fully saturated rings. The lowest BCUT2D eigenvalue weighted by atomic mass is 10.2. The fourth-order valence-electron chi connectivity index (χ4n) is 2.77. The second kappa shape index (κ2) is 18.1. The SMILES string of the molecule is CC.CCC(C)N=C(SC(C)C=NC(C)/C(C)=C\NC(C)N=C(C)C)N1CCCOCC1. The van der Waals surface area contributed by atoms with E-state index in [0.29, 0.717) is 6.04 Å². The molecule has 186 valence electrons. The van der Waals surface area contributed by atoms with Crippen molar-refractivity contribution in [2.45, 2.75) is 106 Å². The standard InChI is InChI=1S/C23H43N5OS.C2H6/c1-9-19(5)27-23(28-11-10-13-29-14-12-28)30-20(6)16-24-21(7)18(4)15-25-22(8)26-17(2)3;1-2/h15-16,19-22,25H,9-14H2,1-8H3;1-2H3/b18-15-,24-16?,27-23?;. The highest BCUT2D eigenvalue weighted by molar-refractivity contribution is 8.14. The summed E-state index contributed by atoms with van der Waals surface area (Å²) >= 11 is 1.80. The summed E-state index contributed by atoms with van der Waals surface area (Å²) in [6.45, 7) is 24.4. The minimum atomic E-state index is 0.0764. The van der Waals surface area contributed by atoms with Gasteiger partial charge in [0.1, 0.15) is 6.17 Å². The quantitative estimate of drug-likeness (QED) is 0.344. The molecule has 0 aromatic heterocycles. The Hall–Kier alpha value is -1.34. The number of thioether (sulfide) groups is 1. The molecular formula is C25H49N5OS. The first-order valence-electron chi connectivity index (χ1n) is 12.3. The second-order valence-corrected chi connectivity index (χ2v) is 9.57. The Morgan fingerprint density at radius 2 is 1.75 bits per heavy atom. The predicted molar refractivity (Wildman–Crippen MR) is 146 cm³/mol. The molecule has 7 heteroatoms. The van der Waals surface area contributed by atoms with Crippen LogP contribution >= 0.6 is 11.8 Å². The van der Waals surface area contributed by atoms with Gasteiger partial charge in [-0.2, -0.15) is 0 Å². The van der Waals surface area contributed by atoms with E-state index in [-0.39, 0.29) is 17.5 Å². The third kappa shape index (κ3) is 13.9. The van der Waals surface area contributed by atoms with E-state index in [1.807, 2.05) is 33.9 Å². The van der Waals surface area contributed by atoms with Gasteiger partial charge in [0, 0.05) is 42.9 Å². The molecule has 0 aromatic carbocycles. The molecule has 32 heavy (non-hydrogen) atoms. The molecule has 0 saturated carbocycles. The molecule has 0 spiro atoms. The van der Waals surface area contributed by atoms with Gasteiger partial charge >= 0.3 is 0 Å². The number of aliphatic imine (C=N–C) groups is 3. The van der Waals surface area contributed by atoms with Crippen LogP contribution in [0.1, 0.15) is 82.1 Å². The van der Waals surface area contributed by atoms with Gasteiger partial charge in [0.25, 0.3) is 0 Å². The van der Waals surface area contributed by atoms with Crippen LogP contribution in [-0.4, -0.2) is 71.8 Å². The number of ether oxygens (including phenoxy) is 1. The smallest absolute Gasteiger partial charge is 0.160 e. The maximum atomic E-state index is 5.62. The van der Waals surface area contributed by atoms with Crippen LogP contribution in [0, 0.1) is 0 Å². The van der Waals surface area contributed by atoms with Crippen molar-refractivity contribution in [3.63, 3.8) is 0 Å². The van der Waals surface area contributed by atoms with E-state index in [1.165, 1.54) is 5.57 Å². The lowest BCUT2D eigenvalue weighted by molar-refractivity contribution is 0.147. The number of amidine groups is 1. The van der Waals surface area contributed by atoms with Crippen LogP contribution in [0.5, 0.6) is 0 Å². The molecule has 0 aliphatic carbocycles. The van der Waals surface area contributed by atoms with Crippen molar-refractivity contribution in [1.29, 1.82) is 0 Å². The average Bonchev–Trinajstić information content (AvgIpc) is 3.05. The molecule has 1 heterocycles. The highest BCUT2D eigenvalue weighted by Crippen LogP contribution is 2.19. The van der Waals surface area contributed by atoms with E-state index in [9.17, 15) is 0 Å². The summed E-state index contributed by atoms with van der Waals surface area (Å²) in [5.41, 5.74) is 2.27. The number of nitrogens with one attached hydrogen (secondary N) is 1. The Labute approximate surface area is 202 Å². The van der Waals surface area contributed by atoms with Gasteiger partial charge in [0.15, 0.2) is 5.17 Å². The maximum absolute atomic E-state index is 5.62. The molecule has 0 radical (unpaired) electrons. The molecule has 1 saturated heterocycles. The third-order valence-electron chi connectivity index (χ3n) is 4.89. The number of hydrogen-bond acceptors (Lipinski definition) is 6. The van der Waals surface area contributed by atoms with E-state index >= 15 is 0 Å². The Morgan fingerprint density at radius 3 is 2.38 bits per heavy atom. The third-order valence-corrected chi connectivity index (χ3v) is 5.96. The van der Waals surface area contributed by atoms with Gasteiger partial charge in [-0.3, -0.25) is 15.0 Å². The van der Waals surface area contributed by atoms with E-state index < -0.39 is 0 Å². The molecular weight excluding hydrogens is 418 g/mol. The lowest BCUT2D eigenvalue weighted by Gasteiger charge is -2.25. The Morgan fingerprint density at radius 1 is 1.06 bits per heavy atom. The van der Waals surface area contributed by atoms with Crippen molar-refractivity contribution in [1.82, 2.24) is 10.2 Å². The molecule has 1 aliphatic rings. The van der Waals surface area contributed by atoms with Crippen molar-refractivity contribution in [3.8, 4) is 0 Å². The van der Waals surface area contributed by atoms with Gasteiger partial charge < -0.3 is 15.0 Å². The zero-order valence-electron chi connectivity index (χ0n) is 22.3. The van der Waals surface area contributed by atoms with E-state index in [0.717, 1.165) is 50.0 Å². The minimum absolute atomic E-state index is 0.0764. The van der Waals surface area contributed by atoms with E-state index in [1.54, 1.807) is 11.8 Å². The summed E-state index contributed by atoms with van der Waals surface area (Å²) in [7, 11) is 0. The van der Waals surface area contributed by atoms with Crippen molar-refractivity contribution in [3.05, 3.63) is 11.8 Å². The van der Waals surface area contributed by atoms with Gasteiger partial charge in [-0.15, -0.1) is 0 Å². The molecule has 6 nitrogen and oxygen atoms in total. The zero-order chi connectivity index (χ0) is 24.5. The highest BCUT2D eigenvalue weighted by Gasteiger charge is 2.18. The number of hydrogen-bond donors (Lipinski definition) is 1. The molecule has 4 unspecified atom stereocenters. The van der Waals surface area contributed by atoms with Crippen LogP contribution in [0.25, 0.3) is 0 Å². The van der Waals surface area contributed by atoms with Crippen LogP contribution in [-0.2, 0) is 4.74 Å². The van der Waals surface area contributed by atoms with Crippen LogP contribution in [0.3, 0.4) is 0 Å². The van der Waals surface area contributed by atoms with Gasteiger partial charge in [-0.1, -0.05) is 32.5 Å². The summed E-state index contributed by atoms with van der Waals surface area (Å²) in [4.78, 5) is 16.6. The molecule has 0 bridgehead atoms. The van der Waals surface area contributed by atoms with Gasteiger partial charge in [-0.25, -0.2) is 0 Å². The first-order valence-corrected chi connectivity index (χ1v) is 13.1. The fourth-order valence-corrected chi connectivity index (χ4v) is 3.80. The number of nitrogens with zero attached hydrogens (tertiary/aromatic N) is 4. The van der Waals surface area contributed by atoms with E-state index in [2.05, 4.69) is 63.0 Å². The first kappa shape index (κ1) is 30.7. The Kier molecular flexibility index (Phi) is 17.4. The van der Waals surface area contributed by atoms with Crippen LogP contribution in [0.2, 0.25) is 0 Å². The van der Waals surface area contributed by atoms with Gasteiger partial charge in [-0.05, 0) is 73.1 Å². The van der Waals surface area contributed by atoms with Gasteiger partial charge in [0.05, 0.1) is 12.6 Å². The van der Waals surface area contributed by atoms with Gasteiger partial charge in [0.2, 0.25) is 0 Å². The minimum Gasteiger partial charge on any atom is -0.380 e. The highest BCUT2D eigenvalue weighted by atomic mass is 32.2. The van der Waals surface area contributed by atoms with Crippen LogP contribution < -0.4 is 5.32 Å². The first-order chi connectivity index (χ1) is 15.2. The van der Waals surface area contributed by atoms with Crippen molar-refractivity contribution >= 4 is 28.9 Å². The average molecular weight is 468 g/mol. The zero-order valence-corrected chi connectivity index (χ0v) is 23.1. The summed E-state index contributed by atoms with van der Waals surface area (Å²) < 4.78 is 5.62. The lowest BCUT2D eigenvalue weighted by Crippen LogP contribution is -2.33. The molecule has 1 N–H and O–H groups in total. The molecule has 1 rings (SSSR count). The van der Waals surface area contributed by atoms with E-state index in [4.69, 9.17) is 14.7 Å². The largest absolute Gasteiger partial charge is 0.380 e. The molecule has 0 aromatic rings. The topological polar surface area (TPSA) is 61.6 Å². The molecule has 1 aliphatic heterocycles. The summed E-state index contributed by atoms with van der Waals surface area (Å²) in [5.74, 6) is 0. The Bertz CT molecular complexity index is 605. The summed E-state index contributed by atoms with van der Waals surface area (Å²) in [6.07, 6.45) is 6.27. The van der Waals surface area contributed by atoms with Crippen molar-refractivity contribution in [2.24, 2.45) is 15.0 Å². The predicted octanol–water partition coefficient (Wildman–Crippen LogP) is 5.79. The van der Waals surface area contributed by atoms with Crippen LogP contribution in [0.15, 0.2) is 26.8 Å². The van der Waals surface area contributed by atoms with Crippen molar-refractivity contribution in [2.75, 3.05) is 26.3 Å². The normalized spacial score (nSPS) is 19.4. The van der Waals surface area contributed by atoms with Crippen molar-refractivity contribution < 1.29 is 4.74 Å². The summed E-state index contributed by atoms with van der Waals surface area (Å²) in [5, 5.41) is 4.70. The second-order valence-electron chi connectivity index (χ2n) is 8.23. The fraction of sp³-hybridized carbons (Fsp3) is 0.800. The summed E-state index contributed by atoms with van der Waals surface area (Å²) in [6, 6.07) is 0.452. The molecule has 4 atom stereocenters. The Balaban J connectivity index is 0.00000466. The molecule has 0 amide bonds. The number of rotatable bonds is 9. The monoisotopic (exact) mass is 467 g/mol.